The van der Waals surface area contributed by atoms with Crippen LogP contribution in [0, 0.1) is 33.8 Å². The number of hydrogen-bond acceptors (Lipinski definition) is 0. The molecule has 70 heavy (non-hydrogen) atoms. The molecule has 1 heterocycles. The second-order valence-corrected chi connectivity index (χ2v) is 25.7. The van der Waals surface area contributed by atoms with Crippen LogP contribution < -0.4 is 10.4 Å². The summed E-state index contributed by atoms with van der Waals surface area (Å²) in [6, 6.07) is 71.9. The molecule has 10 aromatic carbocycles. The molecule has 0 amide bonds. The van der Waals surface area contributed by atoms with Gasteiger partial charge in [0.05, 0.1) is 9.52 Å². The molecule has 0 atom stereocenters. The van der Waals surface area contributed by atoms with Gasteiger partial charge in [-0.1, -0.05) is 219 Å². The summed E-state index contributed by atoms with van der Waals surface area (Å²) in [7, 11) is 10.7. The molecule has 0 nitrogen and oxygen atoms in total. The van der Waals surface area contributed by atoms with Gasteiger partial charge in [-0.3, -0.25) is 0 Å². The van der Waals surface area contributed by atoms with Crippen LogP contribution in [0.25, 0.3) is 77.2 Å². The minimum Gasteiger partial charge on any atom is -0.184 e. The van der Waals surface area contributed by atoms with Crippen molar-refractivity contribution in [2.75, 3.05) is 0 Å². The third kappa shape index (κ3) is 11.7. The molecule has 0 aliphatic carbocycles. The summed E-state index contributed by atoms with van der Waals surface area (Å²) >= 11 is -0.826. The Morgan fingerprint density at radius 1 is 0.443 bits per heavy atom. The van der Waals surface area contributed by atoms with Crippen molar-refractivity contribution in [2.45, 2.75) is 80.1 Å². The third-order valence-electron chi connectivity index (χ3n) is 13.0. The van der Waals surface area contributed by atoms with Gasteiger partial charge in [0.1, 0.15) is 0 Å². The van der Waals surface area contributed by atoms with Crippen molar-refractivity contribution in [1.82, 2.24) is 0 Å². The van der Waals surface area contributed by atoms with E-state index in [1.807, 2.05) is 6.07 Å². The average Bonchev–Trinajstić information content (AvgIpc) is 4.07. The number of aryl methyl sites for hydroxylation is 4. The Balaban J connectivity index is 0.000000144. The van der Waals surface area contributed by atoms with E-state index >= 15 is 0 Å². The van der Waals surface area contributed by atoms with Crippen LogP contribution in [0.2, 0.25) is 0 Å². The van der Waals surface area contributed by atoms with E-state index in [0.29, 0.717) is 0 Å². The maximum Gasteiger partial charge on any atom is 0.0920 e. The van der Waals surface area contributed by atoms with E-state index in [0.717, 1.165) is 9.52 Å². The van der Waals surface area contributed by atoms with Crippen molar-refractivity contribution in [2.24, 2.45) is 0 Å². The van der Waals surface area contributed by atoms with Crippen molar-refractivity contribution in [1.29, 1.82) is 0 Å². The van der Waals surface area contributed by atoms with Gasteiger partial charge in [-0.2, -0.15) is 29.5 Å². The number of benzene rings is 8. The molecule has 0 unspecified atom stereocenters. The van der Waals surface area contributed by atoms with Crippen molar-refractivity contribution in [3.63, 3.8) is 0 Å². The fourth-order valence-electron chi connectivity index (χ4n) is 9.99. The van der Waals surface area contributed by atoms with Crippen molar-refractivity contribution >= 4 is 58.5 Å². The largest absolute Gasteiger partial charge is 0.184 e. The monoisotopic (exact) mass is 1040 g/mol. The van der Waals surface area contributed by atoms with Gasteiger partial charge in [-0.15, -0.1) is 74.6 Å². The van der Waals surface area contributed by atoms with E-state index in [1.54, 1.807) is 0 Å². The SMILES string of the molecule is Cc1cc(C)cc(-c2c(C(C)(C)C)ccc3[cH-]c(-c4ccccc4)cc23)c1.Cc1cc(C)cc(-c2c(C(C)(C)C)ccc3[cH-]c(-c4ccccc4)cc23)c1.[Cl][Zr][Cl].[c-]1cccc2c1[Si]c1ccccc1-2. The fraction of sp³-hybridized carbons (Fsp3) is 0.182. The molecule has 2 radical (unpaired) electrons. The second kappa shape index (κ2) is 22.0. The van der Waals surface area contributed by atoms with Gasteiger partial charge in [-0.25, -0.2) is 0 Å². The average molecular weight is 1040 g/mol. The first-order valence-corrected chi connectivity index (χ1v) is 31.4. The normalized spacial score (nSPS) is 11.7. The van der Waals surface area contributed by atoms with Gasteiger partial charge in [0, 0.05) is 0 Å². The Labute approximate surface area is 439 Å². The van der Waals surface area contributed by atoms with Crippen LogP contribution in [0.3, 0.4) is 0 Å². The summed E-state index contributed by atoms with van der Waals surface area (Å²) in [5, 5.41) is 8.16. The van der Waals surface area contributed by atoms with Gasteiger partial charge in [-0.05, 0) is 71.9 Å². The molecular formula is C66H61Cl2SiZr-3. The van der Waals surface area contributed by atoms with E-state index in [2.05, 4.69) is 257 Å². The summed E-state index contributed by atoms with van der Waals surface area (Å²) in [4.78, 5) is 0. The maximum atomic E-state index is 4.93. The minimum absolute atomic E-state index is 0.0886. The van der Waals surface area contributed by atoms with Crippen LogP contribution in [0.5, 0.6) is 0 Å². The Hall–Kier alpha value is -5.34. The van der Waals surface area contributed by atoms with E-state index in [-0.39, 0.29) is 10.8 Å². The zero-order chi connectivity index (χ0) is 49.7. The molecule has 0 spiro atoms. The predicted molar refractivity (Wildman–Crippen MR) is 305 cm³/mol. The number of rotatable bonds is 4. The molecular weight excluding hydrogens is 983 g/mol. The van der Waals surface area contributed by atoms with E-state index < -0.39 is 20.8 Å². The molecule has 1 aliphatic rings. The Morgan fingerprint density at radius 2 is 0.843 bits per heavy atom. The summed E-state index contributed by atoms with van der Waals surface area (Å²) in [6.07, 6.45) is 0. The van der Waals surface area contributed by atoms with Crippen LogP contribution in [-0.4, -0.2) is 9.52 Å². The third-order valence-corrected chi connectivity index (χ3v) is 14.3. The molecule has 0 saturated heterocycles. The summed E-state index contributed by atoms with van der Waals surface area (Å²) < 4.78 is 0. The molecule has 0 saturated carbocycles. The quantitative estimate of drug-likeness (QED) is 0.122. The maximum absolute atomic E-state index is 4.93. The molecule has 350 valence electrons. The molecule has 4 heteroatoms. The number of hydrogen-bond donors (Lipinski definition) is 0. The molecule has 0 N–H and O–H groups in total. The summed E-state index contributed by atoms with van der Waals surface area (Å²) in [5.74, 6) is 0. The molecule has 1 aliphatic heterocycles. The first-order valence-electron chi connectivity index (χ1n) is 24.1. The van der Waals surface area contributed by atoms with E-state index in [9.17, 15) is 0 Å². The van der Waals surface area contributed by atoms with Crippen molar-refractivity contribution in [3.8, 4) is 55.6 Å². The molecule has 0 bridgehead atoms. The zero-order valence-corrected chi connectivity index (χ0v) is 47.1. The molecule has 10 aromatic rings. The van der Waals surface area contributed by atoms with Crippen LogP contribution >= 0.6 is 17.0 Å². The Bertz CT molecular complexity index is 3130. The van der Waals surface area contributed by atoms with Crippen molar-refractivity contribution < 1.29 is 20.8 Å². The summed E-state index contributed by atoms with van der Waals surface area (Å²) in [6.45, 7) is 22.6. The fourth-order valence-corrected chi connectivity index (χ4v) is 11.3. The number of halogens is 2. The molecule has 11 rings (SSSR count). The molecule has 0 aromatic heterocycles. The molecule has 0 fully saturated rings. The van der Waals surface area contributed by atoms with E-state index in [4.69, 9.17) is 17.0 Å². The minimum atomic E-state index is -0.826. The van der Waals surface area contributed by atoms with Gasteiger partial charge < -0.3 is 0 Å². The van der Waals surface area contributed by atoms with Gasteiger partial charge >= 0.3 is 37.9 Å². The Kier molecular flexibility index (Phi) is 16.0. The van der Waals surface area contributed by atoms with Crippen LogP contribution in [0.15, 0.2) is 188 Å². The first-order chi connectivity index (χ1) is 33.5. The van der Waals surface area contributed by atoms with Crippen LogP contribution in [-0.2, 0) is 31.7 Å². The zero-order valence-electron chi connectivity index (χ0n) is 42.2. The summed E-state index contributed by atoms with van der Waals surface area (Å²) in [5.41, 5.74) is 21.6. The standard InChI is InChI=1S/2C27H27.C12H7Si.2ClH.Zr/c2*1-18-13-19(2)15-23(14-18)26-24-17-22(20-9-7-6-8-10-20)16-21(24)11-12-25(26)27(3,4)5;1-3-7-11-9(5-1)10-6-2-4-8-12(10)13-11;;;/h2*6-17H,1-5H3;1-7H;2*1H;/q3*-1;;;+2/p-2. The van der Waals surface area contributed by atoms with Crippen LogP contribution in [0.4, 0.5) is 0 Å². The number of fused-ring (bicyclic) bond motifs is 5. The van der Waals surface area contributed by atoms with E-state index in [1.165, 1.54) is 121 Å². The topological polar surface area (TPSA) is 0 Å². The van der Waals surface area contributed by atoms with Crippen molar-refractivity contribution in [3.05, 3.63) is 228 Å². The van der Waals surface area contributed by atoms with Gasteiger partial charge in [0.25, 0.3) is 0 Å². The second-order valence-electron chi connectivity index (χ2n) is 20.7. The predicted octanol–water partition coefficient (Wildman–Crippen LogP) is 18.1. The first kappa shape index (κ1) is 51.0. The van der Waals surface area contributed by atoms with Gasteiger partial charge in [0.15, 0.2) is 0 Å². The van der Waals surface area contributed by atoms with Gasteiger partial charge in [0.2, 0.25) is 0 Å². The smallest absolute Gasteiger partial charge is 0.0920 e. The Morgan fingerprint density at radius 3 is 1.27 bits per heavy atom. The van der Waals surface area contributed by atoms with Crippen LogP contribution in [0.1, 0.15) is 74.9 Å².